The average molecular weight is 1520 g/mol. The zero-order chi connectivity index (χ0) is 81.4. The number of nitrogens with one attached hydrogen (secondary N) is 14. The maximum Gasteiger partial charge on any atom is 0.314 e. The Morgan fingerprint density at radius 1 is 0.421 bits per heavy atom. The second-order valence-electron chi connectivity index (χ2n) is 24.9. The number of carbonyl (C=O) groups is 20. The van der Waals surface area contributed by atoms with Gasteiger partial charge in [-0.1, -0.05) is 58.0 Å². The van der Waals surface area contributed by atoms with Crippen LogP contribution in [0.25, 0.3) is 0 Å². The number of nitrogens with two attached hydrogens (primary N) is 3. The van der Waals surface area contributed by atoms with E-state index in [1.54, 1.807) is 45.9 Å². The highest BCUT2D eigenvalue weighted by molar-refractivity contribution is 6.03. The molecule has 0 fully saturated rings. The molecule has 0 spiro atoms. The predicted octanol–water partition coefficient (Wildman–Crippen LogP) is -9.76. The molecule has 1 rings (SSSR count). The number of Topliss-reactive ketones (excluding diaryl/α,β-unsaturated/α-hetero) is 1. The average Bonchev–Trinajstić information content (AvgIpc) is 0.863. The van der Waals surface area contributed by atoms with Crippen molar-refractivity contribution >= 4 is 124 Å². The monoisotopic (exact) mass is 1520 g/mol. The van der Waals surface area contributed by atoms with E-state index in [9.17, 15) is 127 Å². The molecule has 0 aliphatic rings. The number of carboxylic acid groups (broad SMARTS) is 5. The molecule has 44 nitrogen and oxygen atoms in total. The largest absolute Gasteiger partial charge is 0.481 e. The van der Waals surface area contributed by atoms with Crippen LogP contribution in [0.15, 0.2) is 35.3 Å². The smallest absolute Gasteiger partial charge is 0.314 e. The van der Waals surface area contributed by atoms with Crippen LogP contribution in [0, 0.1) is 17.8 Å². The van der Waals surface area contributed by atoms with Gasteiger partial charge in [-0.05, 0) is 63.4 Å². The van der Waals surface area contributed by atoms with Crippen LogP contribution < -0.4 is 91.6 Å². The zero-order valence-electron chi connectivity index (χ0n) is 59.4. The Morgan fingerprint density at radius 3 is 1.28 bits per heavy atom. The van der Waals surface area contributed by atoms with Crippen molar-refractivity contribution in [1.82, 2.24) is 74.4 Å². The van der Waals surface area contributed by atoms with Gasteiger partial charge in [0.05, 0.1) is 64.3 Å². The quantitative estimate of drug-likeness (QED) is 0.0125. The summed E-state index contributed by atoms with van der Waals surface area (Å²) in [4.78, 5) is 260. The fourth-order valence-corrected chi connectivity index (χ4v) is 9.34. The number of aliphatic imine (C=N–C) groups is 1. The lowest BCUT2D eigenvalue weighted by atomic mass is 9.88. The number of carbonyl (C=O) groups excluding carboxylic acids is 15. The van der Waals surface area contributed by atoms with Crippen molar-refractivity contribution in [2.75, 3.05) is 45.9 Å². The molecule has 594 valence electrons. The highest BCUT2D eigenvalue weighted by atomic mass is 16.4. The minimum atomic E-state index is -2.02. The van der Waals surface area contributed by atoms with Crippen LogP contribution in [0.4, 0.5) is 0 Å². The SMILES string of the molecule is CC(C)C[C@H](NC(=O)[C@H](Cc1ccccc1)NC(=O)[C@H](CC(=O)O)NC(=O)CNC(=O)[C@H](CCC(=O)O)NC(=O)CNC(=O)[C@H](CO)NC(=O)[C@H](CC(=O)O)NC(=O)[C@H](C)N)C(=O)N[C@@H](C)C(=O)N[C@@H](CCC(=O)O)C(=O)NCC(=O)NCC(=O)NCC(=O)N[C@H](C(=O)[C@@H](CCCN=C(N)N)C(=O)O)C(C)C. The van der Waals surface area contributed by atoms with Crippen LogP contribution >= 0.6 is 0 Å². The van der Waals surface area contributed by atoms with Crippen molar-refractivity contribution in [3.63, 3.8) is 0 Å². The molecule has 0 aromatic heterocycles. The molecule has 107 heavy (non-hydrogen) atoms. The third kappa shape index (κ3) is 38.4. The number of aliphatic hydroxyl groups excluding tert-OH is 1. The van der Waals surface area contributed by atoms with E-state index in [1.165, 1.54) is 19.1 Å². The van der Waals surface area contributed by atoms with Crippen molar-refractivity contribution in [3.05, 3.63) is 35.9 Å². The van der Waals surface area contributed by atoms with Gasteiger partial charge in [0.25, 0.3) is 0 Å². The molecule has 1 aromatic rings. The summed E-state index contributed by atoms with van der Waals surface area (Å²) in [7, 11) is 0. The minimum Gasteiger partial charge on any atom is -0.481 e. The molecule has 0 unspecified atom stereocenters. The molecular weight excluding hydrogens is 1420 g/mol. The van der Waals surface area contributed by atoms with E-state index < -0.39 is 268 Å². The zero-order valence-corrected chi connectivity index (χ0v) is 59.4. The first kappa shape index (κ1) is 93.0. The van der Waals surface area contributed by atoms with E-state index in [2.05, 4.69) is 68.8 Å². The first-order chi connectivity index (χ1) is 50.0. The number of hydrogen-bond acceptors (Lipinski definition) is 23. The summed E-state index contributed by atoms with van der Waals surface area (Å²) in [5.74, 6) is -26.6. The van der Waals surface area contributed by atoms with E-state index in [4.69, 9.17) is 17.2 Å². The lowest BCUT2D eigenvalue weighted by molar-refractivity contribution is -0.148. The third-order valence-corrected chi connectivity index (χ3v) is 14.9. The number of aliphatic hydroxyl groups is 1. The Kier molecular flexibility index (Phi) is 41.8. The Hall–Kier alpha value is -12.0. The van der Waals surface area contributed by atoms with Gasteiger partial charge >= 0.3 is 29.8 Å². The number of rotatable bonds is 51. The van der Waals surface area contributed by atoms with E-state index >= 15 is 0 Å². The molecule has 14 amide bonds. The van der Waals surface area contributed by atoms with E-state index in [0.29, 0.717) is 5.56 Å². The number of carboxylic acids is 5. The maximum absolute atomic E-state index is 14.3. The van der Waals surface area contributed by atoms with Crippen molar-refractivity contribution < 1.29 is 127 Å². The first-order valence-corrected chi connectivity index (χ1v) is 33.2. The minimum absolute atomic E-state index is 0.0414. The number of aliphatic carboxylic acids is 5. The Balaban J connectivity index is 3.19. The van der Waals surface area contributed by atoms with Crippen molar-refractivity contribution in [2.45, 2.75) is 166 Å². The molecule has 0 bridgehead atoms. The predicted molar refractivity (Wildman–Crippen MR) is 368 cm³/mol. The van der Waals surface area contributed by atoms with Crippen LogP contribution in [-0.2, 0) is 102 Å². The van der Waals surface area contributed by atoms with Gasteiger partial charge in [-0.15, -0.1) is 0 Å². The van der Waals surface area contributed by atoms with E-state index in [-0.39, 0.29) is 44.1 Å². The fourth-order valence-electron chi connectivity index (χ4n) is 9.34. The molecular formula is C63H96N18O26. The van der Waals surface area contributed by atoms with Crippen molar-refractivity contribution in [1.29, 1.82) is 0 Å². The standard InChI is InChI=1S/C63H96N18O26/c1-29(2)19-37(58(102)73-32(6)54(98)76-36(15-17-48(90)91)56(100)70-24-43(84)68-23-42(83)69-25-46(87)81-51(30(3)4)52(96)34(62(106)107)13-10-18-67-63(65)66)78-59(103)38(20-33-11-8-7-9-12-33)79-60(104)39(21-49(92)93)75-45(86)27-71-55(99)35(14-16-47(88)89)74-44(85)26-72-57(101)41(28-82)80-61(105)40(22-50(94)95)77-53(97)31(5)64/h7-9,11-12,29-32,34-41,51,82H,10,13-28,64H2,1-6H3,(H,68,84)(H,69,83)(H,70,100)(H,71,99)(H,72,101)(H,73,102)(H,74,85)(H,75,86)(H,76,98)(H,77,97)(H,78,103)(H,79,104)(H,80,105)(H,81,87)(H,88,89)(H,90,91)(H,92,93)(H,94,95)(H,106,107)(H4,65,66,67)/t31-,32-,34+,35-,36-,37-,38-,39-,40-,41-,51-/m0/s1. The third-order valence-electron chi connectivity index (χ3n) is 14.9. The summed E-state index contributed by atoms with van der Waals surface area (Å²) in [5.41, 5.74) is 16.4. The Morgan fingerprint density at radius 2 is 0.822 bits per heavy atom. The highest BCUT2D eigenvalue weighted by Gasteiger charge is 2.37. The molecule has 0 saturated carbocycles. The number of hydrogen-bond donors (Lipinski definition) is 23. The van der Waals surface area contributed by atoms with Crippen LogP contribution in [0.5, 0.6) is 0 Å². The van der Waals surface area contributed by atoms with Crippen molar-refractivity contribution in [2.24, 2.45) is 39.9 Å². The number of benzene rings is 1. The van der Waals surface area contributed by atoms with Crippen molar-refractivity contribution in [3.8, 4) is 0 Å². The van der Waals surface area contributed by atoms with Gasteiger partial charge in [-0.25, -0.2) is 0 Å². The molecule has 0 saturated heterocycles. The lowest BCUT2D eigenvalue weighted by Gasteiger charge is -2.27. The molecule has 26 N–H and O–H groups in total. The van der Waals surface area contributed by atoms with Gasteiger partial charge < -0.3 is 122 Å². The summed E-state index contributed by atoms with van der Waals surface area (Å²) in [6.07, 6.45) is -5.34. The number of ketones is 1. The van der Waals surface area contributed by atoms with E-state index in [0.717, 1.165) is 6.92 Å². The molecule has 44 heteroatoms. The van der Waals surface area contributed by atoms with Gasteiger partial charge in [0.15, 0.2) is 11.7 Å². The lowest BCUT2D eigenvalue weighted by Crippen LogP contribution is -2.59. The van der Waals surface area contributed by atoms with Gasteiger partial charge in [0.2, 0.25) is 82.7 Å². The molecule has 11 atom stereocenters. The second kappa shape index (κ2) is 48.1. The summed E-state index contributed by atoms with van der Waals surface area (Å²) in [6, 6.07) is -8.49. The number of guanidine groups is 1. The van der Waals surface area contributed by atoms with E-state index in [1.807, 2.05) is 10.6 Å². The molecule has 0 aliphatic heterocycles. The van der Waals surface area contributed by atoms with Crippen LogP contribution in [0.1, 0.15) is 105 Å². The number of amides is 14. The molecule has 0 aliphatic carbocycles. The Bertz CT molecular complexity index is 3390. The fraction of sp³-hybridized carbons (Fsp3) is 0.571. The number of nitrogens with zero attached hydrogens (tertiary/aromatic N) is 1. The van der Waals surface area contributed by atoms with Gasteiger partial charge in [-0.2, -0.15) is 0 Å². The summed E-state index contributed by atoms with van der Waals surface area (Å²) in [6.45, 7) is 3.27. The molecule has 0 heterocycles. The second-order valence-corrected chi connectivity index (χ2v) is 24.9. The normalized spacial score (nSPS) is 13.9. The van der Waals surface area contributed by atoms with Crippen LogP contribution in [-0.4, -0.2) is 261 Å². The van der Waals surface area contributed by atoms with Gasteiger partial charge in [0.1, 0.15) is 54.3 Å². The first-order valence-electron chi connectivity index (χ1n) is 33.2. The summed E-state index contributed by atoms with van der Waals surface area (Å²) < 4.78 is 0. The maximum atomic E-state index is 14.3. The summed E-state index contributed by atoms with van der Waals surface area (Å²) >= 11 is 0. The van der Waals surface area contributed by atoms with Gasteiger partial charge in [0, 0.05) is 25.8 Å². The molecule has 1 aromatic carbocycles. The Labute approximate surface area is 611 Å². The molecule has 0 radical (unpaired) electrons. The van der Waals surface area contributed by atoms with Crippen LogP contribution in [0.3, 0.4) is 0 Å². The topological polar surface area (TPSA) is 722 Å². The summed E-state index contributed by atoms with van der Waals surface area (Å²) in [5, 5.41) is 88.1. The highest BCUT2D eigenvalue weighted by Crippen LogP contribution is 2.17. The van der Waals surface area contributed by atoms with Crippen LogP contribution in [0.2, 0.25) is 0 Å². The van der Waals surface area contributed by atoms with Gasteiger partial charge in [-0.3, -0.25) is 101 Å².